The first-order valence-corrected chi connectivity index (χ1v) is 10.9. The molecule has 1 N–H and O–H groups in total. The Morgan fingerprint density at radius 2 is 2.17 bits per heavy atom. The van der Waals surface area contributed by atoms with Gasteiger partial charge in [-0.15, -0.1) is 22.7 Å². The number of thiophene rings is 1. The highest BCUT2D eigenvalue weighted by atomic mass is 32.1. The number of nitrogens with zero attached hydrogens (tertiary/aromatic N) is 3. The molecule has 0 aliphatic carbocycles. The number of carbonyl (C=O) groups excluding carboxylic acids is 1. The van der Waals surface area contributed by atoms with E-state index < -0.39 is 0 Å². The van der Waals surface area contributed by atoms with Gasteiger partial charge >= 0.3 is 0 Å². The van der Waals surface area contributed by atoms with Crippen LogP contribution in [0.1, 0.15) is 17.9 Å². The zero-order chi connectivity index (χ0) is 19.6. The Morgan fingerprint density at radius 3 is 3.07 bits per heavy atom. The molecule has 29 heavy (non-hydrogen) atoms. The number of fused-ring (bicyclic) bond motifs is 1. The Bertz CT molecular complexity index is 1150. The van der Waals surface area contributed by atoms with Crippen molar-refractivity contribution in [1.29, 1.82) is 0 Å². The Morgan fingerprint density at radius 1 is 1.21 bits per heavy atom. The van der Waals surface area contributed by atoms with E-state index in [4.69, 9.17) is 9.26 Å². The third-order valence-corrected chi connectivity index (χ3v) is 6.13. The van der Waals surface area contributed by atoms with Gasteiger partial charge in [0.2, 0.25) is 17.6 Å². The van der Waals surface area contributed by atoms with Crippen LogP contribution >= 0.6 is 22.7 Å². The quantitative estimate of drug-likeness (QED) is 0.492. The average Bonchev–Trinajstić information content (AvgIpc) is 3.53. The van der Waals surface area contributed by atoms with Crippen LogP contribution in [0.25, 0.3) is 22.0 Å². The number of aromatic nitrogens is 3. The van der Waals surface area contributed by atoms with Gasteiger partial charge in [0.15, 0.2) is 5.13 Å². The van der Waals surface area contributed by atoms with Crippen LogP contribution in [-0.2, 0) is 17.6 Å². The molecule has 7 nitrogen and oxygen atoms in total. The molecule has 4 heterocycles. The summed E-state index contributed by atoms with van der Waals surface area (Å²) in [4.78, 5) is 22.1. The highest BCUT2D eigenvalue weighted by molar-refractivity contribution is 7.14. The number of aryl methyl sites for hydroxylation is 1. The highest BCUT2D eigenvalue weighted by Gasteiger charge is 2.15. The Hall–Kier alpha value is -3.04. The second-order valence-electron chi connectivity index (χ2n) is 6.50. The van der Waals surface area contributed by atoms with Crippen molar-refractivity contribution in [3.63, 3.8) is 0 Å². The second-order valence-corrected chi connectivity index (χ2v) is 8.30. The monoisotopic (exact) mass is 424 g/mol. The highest BCUT2D eigenvalue weighted by Crippen LogP contribution is 2.32. The van der Waals surface area contributed by atoms with Crippen LogP contribution in [0.2, 0.25) is 0 Å². The van der Waals surface area contributed by atoms with Gasteiger partial charge in [-0.25, -0.2) is 4.98 Å². The van der Waals surface area contributed by atoms with Gasteiger partial charge in [0.05, 0.1) is 17.2 Å². The molecular weight excluding hydrogens is 408 g/mol. The molecule has 9 heteroatoms. The first kappa shape index (κ1) is 18.0. The molecule has 0 bridgehead atoms. The number of benzene rings is 1. The second kappa shape index (κ2) is 7.76. The number of ether oxygens (including phenoxy) is 1. The first-order valence-electron chi connectivity index (χ1n) is 9.12. The molecular formula is C20H16N4O3S2. The van der Waals surface area contributed by atoms with E-state index in [1.165, 1.54) is 16.9 Å². The lowest BCUT2D eigenvalue weighted by Gasteiger charge is -2.02. The Kier molecular flexibility index (Phi) is 4.82. The molecule has 0 fully saturated rings. The van der Waals surface area contributed by atoms with E-state index >= 15 is 0 Å². The molecule has 0 unspecified atom stereocenters. The van der Waals surface area contributed by atoms with Crippen molar-refractivity contribution in [2.75, 3.05) is 11.9 Å². The van der Waals surface area contributed by atoms with Crippen LogP contribution in [0.3, 0.4) is 0 Å². The minimum Gasteiger partial charge on any atom is -0.493 e. The van der Waals surface area contributed by atoms with E-state index in [0.29, 0.717) is 23.3 Å². The summed E-state index contributed by atoms with van der Waals surface area (Å²) in [5, 5.41) is 11.3. The van der Waals surface area contributed by atoms with Crippen LogP contribution in [0, 0.1) is 0 Å². The van der Waals surface area contributed by atoms with E-state index in [-0.39, 0.29) is 12.3 Å². The third kappa shape index (κ3) is 3.92. The summed E-state index contributed by atoms with van der Waals surface area (Å²) in [7, 11) is 0. The van der Waals surface area contributed by atoms with Crippen LogP contribution in [0.15, 0.2) is 45.6 Å². The molecule has 0 saturated carbocycles. The molecule has 5 rings (SSSR count). The molecule has 3 aromatic heterocycles. The van der Waals surface area contributed by atoms with Crippen LogP contribution in [0.5, 0.6) is 5.75 Å². The normalized spacial score (nSPS) is 12.6. The predicted molar refractivity (Wildman–Crippen MR) is 111 cm³/mol. The smallest absolute Gasteiger partial charge is 0.227 e. The van der Waals surface area contributed by atoms with Gasteiger partial charge < -0.3 is 14.6 Å². The van der Waals surface area contributed by atoms with Gasteiger partial charge in [-0.1, -0.05) is 11.2 Å². The molecule has 0 atom stereocenters. The zero-order valence-corrected chi connectivity index (χ0v) is 16.9. The van der Waals surface area contributed by atoms with E-state index in [2.05, 4.69) is 26.5 Å². The SMILES string of the molecule is O=C(CCc1nc(-c2cccs2)no1)Nc1nc(-c2ccc3c(c2)CCO3)cs1. The lowest BCUT2D eigenvalue weighted by molar-refractivity contribution is -0.116. The van der Waals surface area contributed by atoms with Gasteiger partial charge in [0, 0.05) is 30.2 Å². The maximum atomic E-state index is 12.3. The number of amides is 1. The third-order valence-electron chi connectivity index (χ3n) is 4.51. The average molecular weight is 425 g/mol. The topological polar surface area (TPSA) is 90.1 Å². The van der Waals surface area contributed by atoms with E-state index in [1.54, 1.807) is 11.3 Å². The predicted octanol–water partition coefficient (Wildman–Crippen LogP) is 4.43. The number of rotatable bonds is 6. The van der Waals surface area contributed by atoms with E-state index in [0.717, 1.165) is 34.9 Å². The van der Waals surface area contributed by atoms with Crippen molar-refractivity contribution in [3.8, 4) is 27.7 Å². The summed E-state index contributed by atoms with van der Waals surface area (Å²) in [6.07, 6.45) is 1.55. The largest absolute Gasteiger partial charge is 0.493 e. The first-order chi connectivity index (χ1) is 14.2. The summed E-state index contributed by atoms with van der Waals surface area (Å²) in [6, 6.07) is 9.93. The van der Waals surface area contributed by atoms with Gasteiger partial charge in [-0.2, -0.15) is 4.98 Å². The van der Waals surface area contributed by atoms with Crippen LogP contribution in [0.4, 0.5) is 5.13 Å². The summed E-state index contributed by atoms with van der Waals surface area (Å²) in [5.74, 6) is 1.81. The van der Waals surface area contributed by atoms with Crippen LogP contribution < -0.4 is 10.1 Å². The maximum Gasteiger partial charge on any atom is 0.227 e. The van der Waals surface area contributed by atoms with Gasteiger partial charge in [-0.05, 0) is 35.2 Å². The standard InChI is InChI=1S/C20H16N4O3S2/c25-17(5-6-18-23-19(24-27-18)16-2-1-9-28-16)22-20-21-14(11-29-20)12-3-4-15-13(10-12)7-8-26-15/h1-4,9-11H,5-8H2,(H,21,22,25). The molecule has 0 radical (unpaired) electrons. The molecule has 0 spiro atoms. The molecule has 4 aromatic rings. The Labute approximate surface area is 174 Å². The maximum absolute atomic E-state index is 12.3. The minimum atomic E-state index is -0.135. The zero-order valence-electron chi connectivity index (χ0n) is 15.3. The molecule has 1 aromatic carbocycles. The fourth-order valence-corrected chi connectivity index (χ4v) is 4.46. The Balaban J connectivity index is 1.19. The lowest BCUT2D eigenvalue weighted by atomic mass is 10.1. The van der Waals surface area contributed by atoms with E-state index in [1.807, 2.05) is 35.0 Å². The number of nitrogens with one attached hydrogen (secondary N) is 1. The molecule has 1 amide bonds. The van der Waals surface area contributed by atoms with Crippen molar-refractivity contribution in [2.45, 2.75) is 19.3 Å². The van der Waals surface area contributed by atoms with Crippen LogP contribution in [-0.4, -0.2) is 27.6 Å². The number of hydrogen-bond acceptors (Lipinski definition) is 8. The molecule has 1 aliphatic rings. The summed E-state index contributed by atoms with van der Waals surface area (Å²) in [5.41, 5.74) is 3.07. The lowest BCUT2D eigenvalue weighted by Crippen LogP contribution is -2.12. The number of carbonyl (C=O) groups is 1. The fourth-order valence-electron chi connectivity index (χ4n) is 3.07. The summed E-state index contributed by atoms with van der Waals surface area (Å²) >= 11 is 2.95. The van der Waals surface area contributed by atoms with E-state index in [9.17, 15) is 4.79 Å². The molecule has 146 valence electrons. The van der Waals surface area contributed by atoms with Crippen molar-refractivity contribution < 1.29 is 14.1 Å². The van der Waals surface area contributed by atoms with Crippen molar-refractivity contribution >= 4 is 33.7 Å². The van der Waals surface area contributed by atoms with Crippen molar-refractivity contribution in [3.05, 3.63) is 52.5 Å². The number of hydrogen-bond donors (Lipinski definition) is 1. The van der Waals surface area contributed by atoms with Gasteiger partial charge in [-0.3, -0.25) is 4.79 Å². The van der Waals surface area contributed by atoms with Gasteiger partial charge in [0.1, 0.15) is 5.75 Å². The van der Waals surface area contributed by atoms with Crippen molar-refractivity contribution in [2.24, 2.45) is 0 Å². The van der Waals surface area contributed by atoms with Gasteiger partial charge in [0.25, 0.3) is 0 Å². The minimum absolute atomic E-state index is 0.135. The number of anilines is 1. The molecule has 1 aliphatic heterocycles. The molecule has 0 saturated heterocycles. The number of thiazole rings is 1. The summed E-state index contributed by atoms with van der Waals surface area (Å²) in [6.45, 7) is 0.728. The van der Waals surface area contributed by atoms with Crippen molar-refractivity contribution in [1.82, 2.24) is 15.1 Å². The summed E-state index contributed by atoms with van der Waals surface area (Å²) < 4.78 is 10.8. The fraction of sp³-hybridized carbons (Fsp3) is 0.200.